The largest absolute Gasteiger partial charge is 0.481 e. The average Bonchev–Trinajstić information content (AvgIpc) is 2.31. The maximum Gasteiger partial charge on any atom is 0.307 e. The smallest absolute Gasteiger partial charge is 0.307 e. The maximum absolute atomic E-state index is 10.9. The second kappa shape index (κ2) is 7.26. The molecule has 0 saturated heterocycles. The topological polar surface area (TPSA) is 60.8 Å². The van der Waals surface area contributed by atoms with Crippen LogP contribution in [0.1, 0.15) is 25.0 Å². The normalized spacial score (nSPS) is 14.4. The molecule has 0 heterocycles. The fraction of sp³-hybridized carbons (Fsp3) is 0.533. The number of hydrogen-bond acceptors (Lipinski definition) is 3. The molecule has 2 unspecified atom stereocenters. The van der Waals surface area contributed by atoms with E-state index >= 15 is 0 Å². The van der Waals surface area contributed by atoms with Crippen LogP contribution in [0.4, 0.5) is 0 Å². The predicted octanol–water partition coefficient (Wildman–Crippen LogP) is 1.90. The van der Waals surface area contributed by atoms with Crippen molar-refractivity contribution in [1.82, 2.24) is 4.90 Å². The van der Waals surface area contributed by atoms with Crippen molar-refractivity contribution in [3.8, 4) is 0 Å². The lowest BCUT2D eigenvalue weighted by Gasteiger charge is -2.25. The summed E-state index contributed by atoms with van der Waals surface area (Å²) in [6, 6.07) is 8.15. The Balaban J connectivity index is 2.68. The molecule has 0 aliphatic heterocycles. The predicted molar refractivity (Wildman–Crippen MR) is 74.9 cm³/mol. The van der Waals surface area contributed by atoms with Gasteiger partial charge in [0.25, 0.3) is 0 Å². The molecule has 106 valence electrons. The Morgan fingerprint density at radius 1 is 1.21 bits per heavy atom. The number of benzene rings is 1. The number of carboxylic acid groups (broad SMARTS) is 1. The van der Waals surface area contributed by atoms with Crippen LogP contribution >= 0.6 is 0 Å². The summed E-state index contributed by atoms with van der Waals surface area (Å²) in [5, 5.41) is 18.5. The lowest BCUT2D eigenvalue weighted by atomic mass is 10.1. The number of aryl methyl sites for hydroxylation is 1. The average molecular weight is 265 g/mol. The van der Waals surface area contributed by atoms with E-state index in [0.717, 1.165) is 5.56 Å². The number of carboxylic acids is 1. The van der Waals surface area contributed by atoms with Gasteiger partial charge in [0.15, 0.2) is 0 Å². The number of carbonyl (C=O) groups is 1. The number of aliphatic carboxylic acids is 1. The minimum atomic E-state index is -0.806. The first-order valence-corrected chi connectivity index (χ1v) is 6.57. The first-order valence-electron chi connectivity index (χ1n) is 6.57. The third-order valence-electron chi connectivity index (χ3n) is 3.00. The zero-order valence-corrected chi connectivity index (χ0v) is 11.8. The molecule has 1 aromatic carbocycles. The van der Waals surface area contributed by atoms with E-state index in [2.05, 4.69) is 0 Å². The minimum absolute atomic E-state index is 0.439. The van der Waals surface area contributed by atoms with Gasteiger partial charge in [-0.25, -0.2) is 0 Å². The van der Waals surface area contributed by atoms with Crippen molar-refractivity contribution in [2.45, 2.75) is 33.4 Å². The molecular formula is C15H23NO3. The van der Waals surface area contributed by atoms with Crippen LogP contribution in [-0.2, 0) is 11.3 Å². The van der Waals surface area contributed by atoms with Crippen LogP contribution in [0.25, 0.3) is 0 Å². The van der Waals surface area contributed by atoms with Gasteiger partial charge in [-0.15, -0.1) is 0 Å². The molecule has 0 amide bonds. The Morgan fingerprint density at radius 3 is 2.26 bits per heavy atom. The summed E-state index contributed by atoms with van der Waals surface area (Å²) in [5.74, 6) is -1.25. The van der Waals surface area contributed by atoms with Crippen molar-refractivity contribution >= 4 is 5.97 Å². The molecular weight excluding hydrogens is 242 g/mol. The van der Waals surface area contributed by atoms with Crippen molar-refractivity contribution in [2.75, 3.05) is 13.1 Å². The van der Waals surface area contributed by atoms with Crippen molar-refractivity contribution in [1.29, 1.82) is 0 Å². The third-order valence-corrected chi connectivity index (χ3v) is 3.00. The van der Waals surface area contributed by atoms with Gasteiger partial charge in [-0.05, 0) is 19.4 Å². The van der Waals surface area contributed by atoms with E-state index in [1.54, 1.807) is 13.8 Å². The summed E-state index contributed by atoms with van der Waals surface area (Å²) in [7, 11) is 0. The second-order valence-corrected chi connectivity index (χ2v) is 5.27. The van der Waals surface area contributed by atoms with Gasteiger partial charge in [0.1, 0.15) is 0 Å². The summed E-state index contributed by atoms with van der Waals surface area (Å²) < 4.78 is 0. The van der Waals surface area contributed by atoms with Crippen molar-refractivity contribution in [2.24, 2.45) is 5.92 Å². The molecule has 19 heavy (non-hydrogen) atoms. The van der Waals surface area contributed by atoms with E-state index in [-0.39, 0.29) is 0 Å². The van der Waals surface area contributed by atoms with Crippen LogP contribution in [0.5, 0.6) is 0 Å². The van der Waals surface area contributed by atoms with Crippen LogP contribution in [0.2, 0.25) is 0 Å². The van der Waals surface area contributed by atoms with Crippen LogP contribution in [0.15, 0.2) is 24.3 Å². The second-order valence-electron chi connectivity index (χ2n) is 5.27. The van der Waals surface area contributed by atoms with Gasteiger partial charge < -0.3 is 10.2 Å². The molecule has 0 bridgehead atoms. The number of aliphatic hydroxyl groups is 1. The van der Waals surface area contributed by atoms with Gasteiger partial charge in [-0.3, -0.25) is 9.69 Å². The summed E-state index contributed by atoms with van der Waals surface area (Å²) in [5.41, 5.74) is 2.33. The van der Waals surface area contributed by atoms with Gasteiger partial charge in [0.05, 0.1) is 12.0 Å². The van der Waals surface area contributed by atoms with E-state index in [0.29, 0.717) is 19.6 Å². The minimum Gasteiger partial charge on any atom is -0.481 e. The fourth-order valence-corrected chi connectivity index (χ4v) is 1.99. The molecule has 1 rings (SSSR count). The molecule has 0 aromatic heterocycles. The lowest BCUT2D eigenvalue weighted by Crippen LogP contribution is -2.36. The Hall–Kier alpha value is -1.39. The van der Waals surface area contributed by atoms with Crippen LogP contribution < -0.4 is 0 Å². The molecule has 0 aliphatic rings. The van der Waals surface area contributed by atoms with Crippen molar-refractivity contribution < 1.29 is 15.0 Å². The number of aliphatic hydroxyl groups excluding tert-OH is 1. The quantitative estimate of drug-likeness (QED) is 0.790. The first kappa shape index (κ1) is 15.7. The van der Waals surface area contributed by atoms with Gasteiger partial charge in [0, 0.05) is 19.6 Å². The van der Waals surface area contributed by atoms with Crippen LogP contribution in [0, 0.1) is 12.8 Å². The van der Waals surface area contributed by atoms with Crippen LogP contribution in [-0.4, -0.2) is 40.3 Å². The summed E-state index contributed by atoms with van der Waals surface area (Å²) in [6.45, 7) is 7.01. The Labute approximate surface area is 114 Å². The number of hydrogen-bond donors (Lipinski definition) is 2. The summed E-state index contributed by atoms with van der Waals surface area (Å²) in [4.78, 5) is 12.9. The van der Waals surface area contributed by atoms with Crippen molar-refractivity contribution in [3.63, 3.8) is 0 Å². The van der Waals surface area contributed by atoms with E-state index in [9.17, 15) is 9.90 Å². The first-order chi connectivity index (χ1) is 8.88. The zero-order chi connectivity index (χ0) is 14.4. The Kier molecular flexibility index (Phi) is 5.99. The molecule has 0 saturated carbocycles. The molecule has 0 radical (unpaired) electrons. The highest BCUT2D eigenvalue weighted by Gasteiger charge is 2.17. The molecule has 0 aliphatic carbocycles. The molecule has 4 heteroatoms. The molecule has 0 spiro atoms. The maximum atomic E-state index is 10.9. The highest BCUT2D eigenvalue weighted by atomic mass is 16.4. The Morgan fingerprint density at radius 2 is 1.79 bits per heavy atom. The van der Waals surface area contributed by atoms with Crippen molar-refractivity contribution in [3.05, 3.63) is 35.4 Å². The van der Waals surface area contributed by atoms with E-state index in [1.807, 2.05) is 36.1 Å². The highest BCUT2D eigenvalue weighted by molar-refractivity contribution is 5.69. The fourth-order valence-electron chi connectivity index (χ4n) is 1.99. The molecule has 2 N–H and O–H groups in total. The van der Waals surface area contributed by atoms with Gasteiger partial charge in [0.2, 0.25) is 0 Å². The third kappa shape index (κ3) is 5.85. The summed E-state index contributed by atoms with van der Waals surface area (Å²) >= 11 is 0. The highest BCUT2D eigenvalue weighted by Crippen LogP contribution is 2.10. The van der Waals surface area contributed by atoms with E-state index < -0.39 is 18.0 Å². The van der Waals surface area contributed by atoms with Gasteiger partial charge >= 0.3 is 5.97 Å². The lowest BCUT2D eigenvalue weighted by molar-refractivity contribution is -0.141. The molecule has 2 atom stereocenters. The number of rotatable bonds is 7. The standard InChI is InChI=1S/C15H23NO3/c1-11-4-6-14(7-5-11)10-16(9-13(3)17)8-12(2)15(18)19/h4-7,12-13,17H,8-10H2,1-3H3,(H,18,19). The Bertz CT molecular complexity index is 400. The van der Waals surface area contributed by atoms with E-state index in [4.69, 9.17) is 5.11 Å². The van der Waals surface area contributed by atoms with Crippen LogP contribution in [0.3, 0.4) is 0 Å². The summed E-state index contributed by atoms with van der Waals surface area (Å²) in [6.07, 6.45) is -0.466. The monoisotopic (exact) mass is 265 g/mol. The molecule has 4 nitrogen and oxygen atoms in total. The molecule has 1 aromatic rings. The van der Waals surface area contributed by atoms with Gasteiger partial charge in [-0.2, -0.15) is 0 Å². The van der Waals surface area contributed by atoms with Gasteiger partial charge in [-0.1, -0.05) is 36.8 Å². The molecule has 0 fully saturated rings. The van der Waals surface area contributed by atoms with E-state index in [1.165, 1.54) is 5.56 Å². The zero-order valence-electron chi connectivity index (χ0n) is 11.8. The SMILES string of the molecule is Cc1ccc(CN(CC(C)O)CC(C)C(=O)O)cc1. The number of nitrogens with zero attached hydrogens (tertiary/aromatic N) is 1.